The maximum atomic E-state index is 6.39. The molecule has 1 aliphatic rings. The molecule has 0 saturated carbocycles. The lowest BCUT2D eigenvalue weighted by molar-refractivity contribution is 0.209. The standard InChI is InChI=1S/C13H30N2OSi/c1-12(2,3)17(4,5)16-11-8-13(14)6-9-15-10-7-13/h15H,6-11,14H2,1-5H3. The fourth-order valence-corrected chi connectivity index (χ4v) is 2.95. The van der Waals surface area contributed by atoms with Gasteiger partial charge >= 0.3 is 0 Å². The van der Waals surface area contributed by atoms with Crippen molar-refractivity contribution >= 4 is 8.32 Å². The van der Waals surface area contributed by atoms with E-state index in [1.165, 1.54) is 0 Å². The summed E-state index contributed by atoms with van der Waals surface area (Å²) >= 11 is 0. The molecule has 0 aromatic carbocycles. The van der Waals surface area contributed by atoms with Crippen LogP contribution in [-0.4, -0.2) is 33.6 Å². The molecular weight excluding hydrogens is 228 g/mol. The van der Waals surface area contributed by atoms with Crippen LogP contribution in [0.5, 0.6) is 0 Å². The monoisotopic (exact) mass is 258 g/mol. The Balaban J connectivity index is 2.36. The molecule has 0 aromatic heterocycles. The summed E-state index contributed by atoms with van der Waals surface area (Å²) in [5.41, 5.74) is 6.40. The molecule has 1 heterocycles. The molecule has 0 atom stereocenters. The normalized spacial score (nSPS) is 21.5. The highest BCUT2D eigenvalue weighted by molar-refractivity contribution is 6.74. The first-order valence-electron chi connectivity index (χ1n) is 6.80. The molecule has 0 unspecified atom stereocenters. The molecule has 102 valence electrons. The van der Waals surface area contributed by atoms with Gasteiger partial charge in [-0.1, -0.05) is 20.8 Å². The second-order valence-corrected chi connectivity index (χ2v) is 11.8. The number of piperidine rings is 1. The lowest BCUT2D eigenvalue weighted by atomic mass is 9.87. The third kappa shape index (κ3) is 4.36. The maximum Gasteiger partial charge on any atom is 0.191 e. The van der Waals surface area contributed by atoms with Crippen molar-refractivity contribution in [2.75, 3.05) is 19.7 Å². The van der Waals surface area contributed by atoms with Crippen molar-refractivity contribution in [3.63, 3.8) is 0 Å². The molecule has 0 bridgehead atoms. The molecule has 4 heteroatoms. The van der Waals surface area contributed by atoms with Gasteiger partial charge in [0.05, 0.1) is 0 Å². The van der Waals surface area contributed by atoms with Crippen LogP contribution in [0.1, 0.15) is 40.0 Å². The minimum absolute atomic E-state index is 0.00755. The van der Waals surface area contributed by atoms with Crippen LogP contribution in [0.4, 0.5) is 0 Å². The van der Waals surface area contributed by atoms with Crippen LogP contribution in [0.3, 0.4) is 0 Å². The molecule has 0 aromatic rings. The molecule has 0 radical (unpaired) electrons. The third-order valence-electron chi connectivity index (χ3n) is 4.47. The predicted molar refractivity (Wildman–Crippen MR) is 76.8 cm³/mol. The topological polar surface area (TPSA) is 47.3 Å². The van der Waals surface area contributed by atoms with E-state index in [4.69, 9.17) is 10.2 Å². The van der Waals surface area contributed by atoms with Crippen molar-refractivity contribution in [3.05, 3.63) is 0 Å². The van der Waals surface area contributed by atoms with Gasteiger partial charge in [-0.25, -0.2) is 0 Å². The van der Waals surface area contributed by atoms with Gasteiger partial charge in [0, 0.05) is 12.1 Å². The van der Waals surface area contributed by atoms with E-state index in [1.807, 2.05) is 0 Å². The number of hydrogen-bond donors (Lipinski definition) is 2. The molecule has 0 spiro atoms. The highest BCUT2D eigenvalue weighted by Crippen LogP contribution is 2.36. The molecule has 3 nitrogen and oxygen atoms in total. The summed E-state index contributed by atoms with van der Waals surface area (Å²) in [5, 5.41) is 3.65. The number of hydrogen-bond acceptors (Lipinski definition) is 3. The van der Waals surface area contributed by atoms with E-state index in [9.17, 15) is 0 Å². The van der Waals surface area contributed by atoms with Crippen LogP contribution in [0.25, 0.3) is 0 Å². The van der Waals surface area contributed by atoms with Crippen LogP contribution in [0, 0.1) is 0 Å². The summed E-state index contributed by atoms with van der Waals surface area (Å²) in [6.07, 6.45) is 3.16. The average Bonchev–Trinajstić information content (AvgIpc) is 2.16. The predicted octanol–water partition coefficient (Wildman–Crippen LogP) is 2.48. The van der Waals surface area contributed by atoms with Gasteiger partial charge < -0.3 is 15.5 Å². The fourth-order valence-electron chi connectivity index (χ4n) is 1.90. The zero-order valence-electron chi connectivity index (χ0n) is 12.2. The Morgan fingerprint density at radius 3 is 2.24 bits per heavy atom. The van der Waals surface area contributed by atoms with Gasteiger partial charge in [-0.05, 0) is 50.5 Å². The van der Waals surface area contributed by atoms with Crippen LogP contribution < -0.4 is 11.1 Å². The minimum Gasteiger partial charge on any atom is -0.417 e. The molecule has 3 N–H and O–H groups in total. The molecule has 17 heavy (non-hydrogen) atoms. The van der Waals surface area contributed by atoms with Gasteiger partial charge in [-0.2, -0.15) is 0 Å². The molecule has 0 amide bonds. The first-order valence-corrected chi connectivity index (χ1v) is 9.71. The van der Waals surface area contributed by atoms with Crippen molar-refractivity contribution in [1.82, 2.24) is 5.32 Å². The smallest absolute Gasteiger partial charge is 0.191 e. The van der Waals surface area contributed by atoms with E-state index in [2.05, 4.69) is 39.2 Å². The Kier molecular flexibility index (Phi) is 4.80. The SMILES string of the molecule is CC(C)(C)[Si](C)(C)OCCC1(N)CCNCC1. The van der Waals surface area contributed by atoms with Crippen LogP contribution in [0.15, 0.2) is 0 Å². The number of rotatable bonds is 4. The Bertz CT molecular complexity index is 242. The van der Waals surface area contributed by atoms with Gasteiger partial charge in [-0.15, -0.1) is 0 Å². The van der Waals surface area contributed by atoms with Crippen molar-refractivity contribution in [3.8, 4) is 0 Å². The molecule has 0 aliphatic carbocycles. The van der Waals surface area contributed by atoms with Crippen LogP contribution in [0.2, 0.25) is 18.1 Å². The third-order valence-corrected chi connectivity index (χ3v) is 9.01. The molecule has 1 fully saturated rings. The van der Waals surface area contributed by atoms with Crippen molar-refractivity contribution < 1.29 is 4.43 Å². The minimum atomic E-state index is -1.59. The molecule has 1 aliphatic heterocycles. The molecule has 1 rings (SSSR count). The fraction of sp³-hybridized carbons (Fsp3) is 1.00. The average molecular weight is 258 g/mol. The van der Waals surface area contributed by atoms with Gasteiger partial charge in [-0.3, -0.25) is 0 Å². The Morgan fingerprint density at radius 2 is 1.76 bits per heavy atom. The Labute approximate surface area is 108 Å². The second kappa shape index (κ2) is 5.39. The van der Waals surface area contributed by atoms with Crippen LogP contribution >= 0.6 is 0 Å². The summed E-state index contributed by atoms with van der Waals surface area (Å²) in [7, 11) is -1.59. The lowest BCUT2D eigenvalue weighted by Gasteiger charge is -2.39. The number of nitrogens with two attached hydrogens (primary N) is 1. The highest BCUT2D eigenvalue weighted by atomic mass is 28.4. The summed E-state index contributed by atoms with van der Waals surface area (Å²) in [6.45, 7) is 14.4. The van der Waals surface area contributed by atoms with Crippen molar-refractivity contribution in [2.45, 2.75) is 63.7 Å². The summed E-state index contributed by atoms with van der Waals surface area (Å²) in [6, 6.07) is 0. The van der Waals surface area contributed by atoms with Gasteiger partial charge in [0.15, 0.2) is 8.32 Å². The van der Waals surface area contributed by atoms with Gasteiger partial charge in [0.2, 0.25) is 0 Å². The van der Waals surface area contributed by atoms with Crippen molar-refractivity contribution in [1.29, 1.82) is 0 Å². The zero-order chi connectivity index (χ0) is 13.2. The zero-order valence-corrected chi connectivity index (χ0v) is 13.2. The lowest BCUT2D eigenvalue weighted by Crippen LogP contribution is -2.50. The van der Waals surface area contributed by atoms with E-state index >= 15 is 0 Å². The van der Waals surface area contributed by atoms with E-state index < -0.39 is 8.32 Å². The Hall–Kier alpha value is 0.0969. The Morgan fingerprint density at radius 1 is 1.24 bits per heavy atom. The largest absolute Gasteiger partial charge is 0.417 e. The molecule has 1 saturated heterocycles. The summed E-state index contributed by atoms with van der Waals surface area (Å²) in [5.74, 6) is 0. The first-order chi connectivity index (χ1) is 7.66. The number of nitrogens with one attached hydrogen (secondary N) is 1. The summed E-state index contributed by atoms with van der Waals surface area (Å²) < 4.78 is 6.20. The van der Waals surface area contributed by atoms with E-state index in [0.29, 0.717) is 5.04 Å². The van der Waals surface area contributed by atoms with Crippen LogP contribution in [-0.2, 0) is 4.43 Å². The van der Waals surface area contributed by atoms with E-state index in [1.54, 1.807) is 0 Å². The van der Waals surface area contributed by atoms with E-state index in [0.717, 1.165) is 39.0 Å². The quantitative estimate of drug-likeness (QED) is 0.762. The van der Waals surface area contributed by atoms with Crippen molar-refractivity contribution in [2.24, 2.45) is 5.73 Å². The maximum absolute atomic E-state index is 6.39. The van der Waals surface area contributed by atoms with E-state index in [-0.39, 0.29) is 5.54 Å². The van der Waals surface area contributed by atoms with Gasteiger partial charge in [0.25, 0.3) is 0 Å². The summed E-state index contributed by atoms with van der Waals surface area (Å²) in [4.78, 5) is 0. The van der Waals surface area contributed by atoms with Gasteiger partial charge in [0.1, 0.15) is 0 Å². The second-order valence-electron chi connectivity index (χ2n) is 6.97. The molecular formula is C13H30N2OSi. The highest BCUT2D eigenvalue weighted by Gasteiger charge is 2.37. The first kappa shape index (κ1) is 15.2.